The lowest BCUT2D eigenvalue weighted by Gasteiger charge is -2.33. The van der Waals surface area contributed by atoms with E-state index < -0.39 is 47.4 Å². The number of carbonyl (C=O) groups excluding carboxylic acids is 2. The number of oxime groups is 2. The van der Waals surface area contributed by atoms with Gasteiger partial charge in [0.2, 0.25) is 0 Å². The number of hydrogen-bond acceptors (Lipinski definition) is 11. The lowest BCUT2D eigenvalue weighted by atomic mass is 9.85. The summed E-state index contributed by atoms with van der Waals surface area (Å²) in [6.45, 7) is 3.16. The molecule has 0 aromatic heterocycles. The monoisotopic (exact) mass is 1080 g/mol. The Hall–Kier alpha value is -1.42. The molecule has 4 aliphatic rings. The van der Waals surface area contributed by atoms with E-state index in [2.05, 4.69) is 117 Å². The number of rotatable bonds is 10. The minimum absolute atomic E-state index is 0.0192. The summed E-state index contributed by atoms with van der Waals surface area (Å²) in [5, 5.41) is 55.9. The van der Waals surface area contributed by atoms with Crippen LogP contribution in [-0.4, -0.2) is 92.9 Å². The van der Waals surface area contributed by atoms with Gasteiger partial charge in [-0.2, -0.15) is 0 Å². The number of ether oxygens (including phenoxy) is 1. The van der Waals surface area contributed by atoms with Crippen molar-refractivity contribution in [2.24, 2.45) is 10.3 Å². The fourth-order valence-electron chi connectivity index (χ4n) is 5.36. The summed E-state index contributed by atoms with van der Waals surface area (Å²) < 4.78 is 9.17. The number of halogens is 6. The smallest absolute Gasteiger partial charge is 0.269 e. The molecule has 270 valence electrons. The van der Waals surface area contributed by atoms with Crippen LogP contribution in [0.2, 0.25) is 0 Å². The number of hydrogen-bond donors (Lipinski definition) is 6. The van der Waals surface area contributed by atoms with E-state index in [0.29, 0.717) is 38.2 Å². The molecule has 2 spiro atoms. The maximum Gasteiger partial charge on any atom is 0.269 e. The van der Waals surface area contributed by atoms with Crippen LogP contribution in [0, 0.1) is 0 Å². The third kappa shape index (κ3) is 8.06. The van der Waals surface area contributed by atoms with Crippen molar-refractivity contribution in [3.05, 3.63) is 67.9 Å². The van der Waals surface area contributed by atoms with E-state index in [1.807, 2.05) is 13.8 Å². The van der Waals surface area contributed by atoms with Gasteiger partial charge in [0.05, 0.1) is 15.0 Å². The first-order valence-electron chi connectivity index (χ1n) is 14.9. The molecule has 1 aromatic rings. The van der Waals surface area contributed by atoms with Gasteiger partial charge in [0.25, 0.3) is 11.8 Å². The number of carbonyl (C=O) groups is 2. The van der Waals surface area contributed by atoms with Crippen molar-refractivity contribution >= 4 is 119 Å². The normalized spacial score (nSPS) is 27.3. The Morgan fingerprint density at radius 3 is 1.74 bits per heavy atom. The molecule has 0 saturated heterocycles. The first-order chi connectivity index (χ1) is 23.5. The van der Waals surface area contributed by atoms with E-state index in [1.54, 1.807) is 24.3 Å². The molecule has 6 atom stereocenters. The van der Waals surface area contributed by atoms with Gasteiger partial charge in [0.1, 0.15) is 42.1 Å². The van der Waals surface area contributed by atoms with Gasteiger partial charge in [-0.3, -0.25) is 9.59 Å². The Morgan fingerprint density at radius 2 is 1.28 bits per heavy atom. The zero-order chi connectivity index (χ0) is 36.7. The highest BCUT2D eigenvalue weighted by Gasteiger charge is 2.51. The van der Waals surface area contributed by atoms with Crippen LogP contribution in [0.5, 0.6) is 5.75 Å². The Balaban J connectivity index is 1.08. The van der Waals surface area contributed by atoms with Crippen LogP contribution in [0.4, 0.5) is 0 Å². The van der Waals surface area contributed by atoms with Crippen molar-refractivity contribution in [2.45, 2.75) is 62.3 Å². The van der Waals surface area contributed by atoms with Crippen molar-refractivity contribution in [1.29, 1.82) is 0 Å². The van der Waals surface area contributed by atoms with E-state index in [9.17, 15) is 30.0 Å². The molecular formula is C31H30Br6N4O9. The Kier molecular flexibility index (Phi) is 12.6. The van der Waals surface area contributed by atoms with Gasteiger partial charge in [-0.1, -0.05) is 74.0 Å². The van der Waals surface area contributed by atoms with Crippen molar-refractivity contribution in [3.63, 3.8) is 0 Å². The van der Waals surface area contributed by atoms with Gasteiger partial charge >= 0.3 is 0 Å². The second-order valence-electron chi connectivity index (χ2n) is 12.0. The third-order valence-electron chi connectivity index (χ3n) is 8.42. The number of aliphatic hydroxyl groups excluding tert-OH is 4. The van der Waals surface area contributed by atoms with Crippen LogP contribution in [-0.2, 0) is 19.3 Å². The maximum absolute atomic E-state index is 12.9. The van der Waals surface area contributed by atoms with E-state index in [4.69, 9.17) is 14.4 Å². The maximum atomic E-state index is 12.9. The molecule has 2 aliphatic carbocycles. The molecule has 1 unspecified atom stereocenters. The third-order valence-corrected chi connectivity index (χ3v) is 13.3. The van der Waals surface area contributed by atoms with Gasteiger partial charge in [-0.15, -0.1) is 0 Å². The van der Waals surface area contributed by atoms with Crippen LogP contribution in [0.1, 0.15) is 38.4 Å². The predicted molar refractivity (Wildman–Crippen MR) is 205 cm³/mol. The lowest BCUT2D eigenvalue weighted by molar-refractivity contribution is -0.116. The summed E-state index contributed by atoms with van der Waals surface area (Å²) in [6, 6.07) is 3.22. The highest BCUT2D eigenvalue weighted by Crippen LogP contribution is 2.45. The minimum Gasteiger partial charge on any atom is -0.488 e. The minimum atomic E-state index is -1.24. The molecular weight excluding hydrogens is 1050 g/mol. The molecule has 5 rings (SSSR count). The van der Waals surface area contributed by atoms with Gasteiger partial charge in [-0.05, 0) is 86.7 Å². The molecule has 6 N–H and O–H groups in total. The molecule has 0 fully saturated rings. The fourth-order valence-corrected chi connectivity index (χ4v) is 9.75. The number of amides is 2. The molecule has 1 aromatic carbocycles. The van der Waals surface area contributed by atoms with Gasteiger partial charge in [-0.25, -0.2) is 0 Å². The first kappa shape index (κ1) is 39.8. The Bertz CT molecular complexity index is 1770. The average molecular weight is 1080 g/mol. The van der Waals surface area contributed by atoms with Crippen molar-refractivity contribution in [2.75, 3.05) is 19.7 Å². The molecule has 2 amide bonds. The molecule has 2 aliphatic heterocycles. The molecule has 19 heteroatoms. The SMILES string of the molecule is CC1=C(Br)[C@H](O)[C@@]2(C=C1Br)CC(C(=O)NCC(O)c1cc(Br)c(OC[C@@H](O)CNC(=O)C3=NO[C@]4(C=C(Br)C(C)=C(Br)[C@@H]4O)C3)c(Br)c1)=NO2. The number of nitrogens with one attached hydrogen (secondary N) is 2. The molecule has 0 saturated carbocycles. The number of aliphatic hydroxyl groups is 4. The molecule has 2 heterocycles. The van der Waals surface area contributed by atoms with E-state index in [-0.39, 0.29) is 44.0 Å². The molecule has 50 heavy (non-hydrogen) atoms. The van der Waals surface area contributed by atoms with Gasteiger partial charge < -0.3 is 45.5 Å². The predicted octanol–water partition coefficient (Wildman–Crippen LogP) is 4.89. The topological polar surface area (TPSA) is 192 Å². The molecule has 0 bridgehead atoms. The Morgan fingerprint density at radius 1 is 0.840 bits per heavy atom. The number of nitrogens with zero attached hydrogens (tertiary/aromatic N) is 2. The quantitative estimate of drug-likeness (QED) is 0.190. The van der Waals surface area contributed by atoms with Crippen molar-refractivity contribution in [1.82, 2.24) is 10.6 Å². The summed E-state index contributed by atoms with van der Waals surface area (Å²) in [5.41, 5.74) is -0.289. The zero-order valence-electron chi connectivity index (χ0n) is 26.1. The molecule has 13 nitrogen and oxygen atoms in total. The second kappa shape index (κ2) is 15.9. The average Bonchev–Trinajstić information content (AvgIpc) is 3.71. The second-order valence-corrected chi connectivity index (χ2v) is 17.1. The summed E-state index contributed by atoms with van der Waals surface area (Å²) in [4.78, 5) is 36.7. The van der Waals surface area contributed by atoms with Crippen LogP contribution < -0.4 is 15.4 Å². The van der Waals surface area contributed by atoms with Crippen LogP contribution in [0.3, 0.4) is 0 Å². The number of benzene rings is 1. The standard InChI is InChI=1S/C31H30Br6N4O9/c1-12-18(34)5-30(26(44)23(12)36)7-20(40-49-30)28(46)38-9-15(42)11-48-25-16(32)3-14(4-17(25)33)22(43)10-39-29(47)21-8-31(50-41-21)6-19(35)13(2)24(37)27(31)45/h3-6,15,22,26-27,42-45H,7-11H2,1-2H3,(H,38,46)(H,39,47)/t15-,22?,26-,27-,30+,31+/m0/s1. The zero-order valence-corrected chi connectivity index (χ0v) is 35.7. The van der Waals surface area contributed by atoms with Crippen molar-refractivity contribution in [3.8, 4) is 5.75 Å². The van der Waals surface area contributed by atoms with E-state index in [1.165, 1.54) is 0 Å². The lowest BCUT2D eigenvalue weighted by Crippen LogP contribution is -2.45. The highest BCUT2D eigenvalue weighted by atomic mass is 79.9. The Labute approximate surface area is 337 Å². The van der Waals surface area contributed by atoms with Crippen LogP contribution in [0.15, 0.2) is 72.6 Å². The summed E-state index contributed by atoms with van der Waals surface area (Å²) in [5.74, 6) is -0.772. The van der Waals surface area contributed by atoms with Gasteiger partial charge in [0.15, 0.2) is 11.2 Å². The highest BCUT2D eigenvalue weighted by molar-refractivity contribution is 9.13. The fraction of sp³-hybridized carbons (Fsp3) is 0.419. The summed E-state index contributed by atoms with van der Waals surface area (Å²) >= 11 is 20.5. The van der Waals surface area contributed by atoms with Crippen LogP contribution in [0.25, 0.3) is 0 Å². The summed E-state index contributed by atoms with van der Waals surface area (Å²) in [6.07, 6.45) is -0.931. The number of allylic oxidation sites excluding steroid dienone is 4. The van der Waals surface area contributed by atoms with E-state index >= 15 is 0 Å². The largest absolute Gasteiger partial charge is 0.488 e. The summed E-state index contributed by atoms with van der Waals surface area (Å²) in [7, 11) is 0. The van der Waals surface area contributed by atoms with E-state index in [0.717, 1.165) is 11.1 Å². The van der Waals surface area contributed by atoms with Gasteiger partial charge in [0, 0.05) is 43.9 Å². The molecule has 0 radical (unpaired) electrons. The van der Waals surface area contributed by atoms with Crippen molar-refractivity contribution < 1.29 is 44.4 Å². The first-order valence-corrected chi connectivity index (χ1v) is 19.6. The van der Waals surface area contributed by atoms with Crippen LogP contribution >= 0.6 is 95.6 Å².